The summed E-state index contributed by atoms with van der Waals surface area (Å²) in [4.78, 5) is 73.3. The number of hydrogen-bond donors (Lipinski definition) is 4. The van der Waals surface area contributed by atoms with Gasteiger partial charge in [0.15, 0.2) is 0 Å². The summed E-state index contributed by atoms with van der Waals surface area (Å²) in [7, 11) is 6.61. The Morgan fingerprint density at radius 2 is 1.60 bits per heavy atom. The summed E-state index contributed by atoms with van der Waals surface area (Å²) in [6.07, 6.45) is 3.52. The molecule has 14 nitrogen and oxygen atoms in total. The van der Waals surface area contributed by atoms with Gasteiger partial charge in [-0.2, -0.15) is 0 Å². The van der Waals surface area contributed by atoms with Crippen LogP contribution in [0, 0.1) is 17.8 Å². The first-order valence-corrected chi connectivity index (χ1v) is 20.5. The van der Waals surface area contributed by atoms with Crippen LogP contribution in [0.15, 0.2) is 42.0 Å². The van der Waals surface area contributed by atoms with E-state index >= 15 is 0 Å². The summed E-state index contributed by atoms with van der Waals surface area (Å²) in [5.74, 6) is -3.35. The van der Waals surface area contributed by atoms with E-state index in [2.05, 4.69) is 10.6 Å². The van der Waals surface area contributed by atoms with Gasteiger partial charge in [0.05, 0.1) is 42.7 Å². The van der Waals surface area contributed by atoms with Gasteiger partial charge in [-0.15, -0.1) is 0 Å². The van der Waals surface area contributed by atoms with Crippen LogP contribution in [-0.2, 0) is 39.9 Å². The first-order valence-electron chi connectivity index (χ1n) is 20.5. The molecule has 0 bridgehead atoms. The van der Waals surface area contributed by atoms with Crippen LogP contribution in [0.3, 0.4) is 0 Å². The highest BCUT2D eigenvalue weighted by atomic mass is 16.5. The molecule has 14 heteroatoms. The fraction of sp³-hybridized carbons (Fsp3) is 0.698. The number of carboxylic acids is 1. The van der Waals surface area contributed by atoms with E-state index in [1.54, 1.807) is 23.8 Å². The van der Waals surface area contributed by atoms with Gasteiger partial charge in [0.2, 0.25) is 23.6 Å². The monoisotopic (exact) mass is 801 g/mol. The molecule has 0 unspecified atom stereocenters. The lowest BCUT2D eigenvalue weighted by Gasteiger charge is -2.39. The van der Waals surface area contributed by atoms with Crippen LogP contribution in [0.5, 0.6) is 0 Å². The fourth-order valence-corrected chi connectivity index (χ4v) is 8.04. The zero-order valence-electron chi connectivity index (χ0n) is 36.3. The Balaban J connectivity index is 2.28. The van der Waals surface area contributed by atoms with Crippen molar-refractivity contribution >= 4 is 29.6 Å². The van der Waals surface area contributed by atoms with Gasteiger partial charge in [-0.05, 0) is 77.1 Å². The highest BCUT2D eigenvalue weighted by Gasteiger charge is 2.43. The minimum absolute atomic E-state index is 0.00112. The summed E-state index contributed by atoms with van der Waals surface area (Å²) in [6.45, 7) is 14.9. The Morgan fingerprint density at radius 1 is 0.947 bits per heavy atom. The third-order valence-electron chi connectivity index (χ3n) is 11.4. The summed E-state index contributed by atoms with van der Waals surface area (Å²) in [5, 5.41) is 15.6. The predicted molar refractivity (Wildman–Crippen MR) is 222 cm³/mol. The second kappa shape index (κ2) is 24.2. The maximum Gasteiger partial charge on any atom is 0.326 e. The molecule has 0 aromatic heterocycles. The first-order chi connectivity index (χ1) is 26.9. The largest absolute Gasteiger partial charge is 0.480 e. The minimum Gasteiger partial charge on any atom is -0.480 e. The number of nitrogens with two attached hydrogens (primary N) is 1. The average Bonchev–Trinajstić information content (AvgIpc) is 3.66. The fourth-order valence-electron chi connectivity index (χ4n) is 8.04. The molecule has 1 aliphatic heterocycles. The Hall–Kier alpha value is -3.85. The number of likely N-dealkylation sites (tertiary alicyclic amines) is 1. The number of likely N-dealkylation sites (N-methyl/N-ethyl adjacent to an activating group) is 2. The Kier molecular flexibility index (Phi) is 20.9. The van der Waals surface area contributed by atoms with Crippen LogP contribution in [0.1, 0.15) is 86.1 Å². The highest BCUT2D eigenvalue weighted by Crippen LogP contribution is 2.29. The van der Waals surface area contributed by atoms with E-state index in [0.29, 0.717) is 32.5 Å². The number of carbonyl (C=O) groups excluding carboxylic acids is 4. The second-order valence-electron chi connectivity index (χ2n) is 16.2. The summed E-state index contributed by atoms with van der Waals surface area (Å²) in [6, 6.07) is 5.62. The number of carbonyl (C=O) groups is 5. The van der Waals surface area contributed by atoms with E-state index in [1.807, 2.05) is 89.9 Å². The van der Waals surface area contributed by atoms with Gasteiger partial charge in [-0.3, -0.25) is 24.1 Å². The normalized spacial score (nSPS) is 18.5. The summed E-state index contributed by atoms with van der Waals surface area (Å²) in [5.41, 5.74) is 7.29. The van der Waals surface area contributed by atoms with Gasteiger partial charge in [-0.25, -0.2) is 4.79 Å². The standard InChI is InChI=1S/C43H72N6O8/c1-12-29(6)38(48(9)42(53)36(27(2)3)46-41(52)37(28(4)5)47(8)23-17-16-22-44)34(56-10)26-35(50)49-24-18-21-33(49)39(57-11)30(7)40(51)45-32(43(54)55)25-31-19-14-13-15-20-31/h12-15,19-20,27-28,30,32-34,36-39H,16-18,21-26,44H2,1-11H3,(H,45,51)(H,46,52)(H,54,55)/b29-12+/t30-,32+,33+,34-,36+,37+,38+,39-/m1/s1. The molecule has 8 atom stereocenters. The van der Waals surface area contributed by atoms with E-state index in [1.165, 1.54) is 14.2 Å². The molecule has 1 aromatic carbocycles. The number of unbranched alkanes of at least 4 members (excludes halogenated alkanes) is 1. The Labute approximate surface area is 341 Å². The molecule has 4 amide bonds. The van der Waals surface area contributed by atoms with Gasteiger partial charge in [0.1, 0.15) is 12.1 Å². The maximum atomic E-state index is 14.4. The molecule has 0 aliphatic carbocycles. The molecule has 57 heavy (non-hydrogen) atoms. The van der Waals surface area contributed by atoms with Gasteiger partial charge >= 0.3 is 5.97 Å². The molecule has 1 saturated heterocycles. The van der Waals surface area contributed by atoms with E-state index in [9.17, 15) is 29.1 Å². The van der Waals surface area contributed by atoms with Crippen molar-refractivity contribution in [3.05, 3.63) is 47.5 Å². The SMILES string of the molecule is C/C=C(\C)[C@@H]([C@@H](CC(=O)N1CCC[C@H]1[C@H](OC)[C@@H](C)C(=O)N[C@@H](Cc1ccccc1)C(=O)O)OC)N(C)C(=O)[C@@H](NC(=O)[C@H](C(C)C)N(C)CCCCN)C(C)C. The van der Waals surface area contributed by atoms with Crippen molar-refractivity contribution in [3.8, 4) is 0 Å². The molecule has 322 valence electrons. The van der Waals surface area contributed by atoms with Gasteiger partial charge in [0.25, 0.3) is 0 Å². The number of methoxy groups -OCH3 is 2. The van der Waals surface area contributed by atoms with Gasteiger partial charge in [-0.1, -0.05) is 76.6 Å². The number of carboxylic acid groups (broad SMARTS) is 1. The summed E-state index contributed by atoms with van der Waals surface area (Å²) >= 11 is 0. The highest BCUT2D eigenvalue weighted by molar-refractivity contribution is 5.90. The van der Waals surface area contributed by atoms with E-state index in [4.69, 9.17) is 15.2 Å². The lowest BCUT2D eigenvalue weighted by atomic mass is 9.93. The maximum absolute atomic E-state index is 14.4. The topological polar surface area (TPSA) is 184 Å². The van der Waals surface area contributed by atoms with Crippen molar-refractivity contribution in [2.24, 2.45) is 23.5 Å². The zero-order valence-corrected chi connectivity index (χ0v) is 36.3. The first kappa shape index (κ1) is 49.3. The molecule has 1 aromatic rings. The van der Waals surface area contributed by atoms with Crippen LogP contribution in [-0.4, -0.2) is 140 Å². The average molecular weight is 801 g/mol. The minimum atomic E-state index is -1.14. The lowest BCUT2D eigenvalue weighted by molar-refractivity contribution is -0.146. The number of amides is 4. The third kappa shape index (κ3) is 13.9. The van der Waals surface area contributed by atoms with Crippen molar-refractivity contribution in [1.82, 2.24) is 25.3 Å². The van der Waals surface area contributed by atoms with Crippen molar-refractivity contribution in [1.29, 1.82) is 0 Å². The van der Waals surface area contributed by atoms with Crippen molar-refractivity contribution in [2.45, 2.75) is 129 Å². The van der Waals surface area contributed by atoms with Gasteiger partial charge < -0.3 is 40.7 Å². The molecule has 0 spiro atoms. The molecule has 2 rings (SSSR count). The van der Waals surface area contributed by atoms with E-state index in [0.717, 1.165) is 24.0 Å². The molecule has 0 radical (unpaired) electrons. The van der Waals surface area contributed by atoms with Crippen LogP contribution in [0.25, 0.3) is 0 Å². The number of nitrogens with zero attached hydrogens (tertiary/aromatic N) is 3. The number of ether oxygens (including phenoxy) is 2. The zero-order chi connectivity index (χ0) is 43.0. The number of hydrogen-bond acceptors (Lipinski definition) is 9. The number of benzene rings is 1. The molecular weight excluding hydrogens is 729 g/mol. The smallest absolute Gasteiger partial charge is 0.326 e. The predicted octanol–water partition coefficient (Wildman–Crippen LogP) is 3.48. The second-order valence-corrected chi connectivity index (χ2v) is 16.2. The van der Waals surface area contributed by atoms with Crippen molar-refractivity contribution in [2.75, 3.05) is 47.9 Å². The van der Waals surface area contributed by atoms with E-state index in [-0.39, 0.29) is 42.4 Å². The molecule has 1 fully saturated rings. The summed E-state index contributed by atoms with van der Waals surface area (Å²) < 4.78 is 11.9. The van der Waals surface area contributed by atoms with Crippen LogP contribution in [0.2, 0.25) is 0 Å². The van der Waals surface area contributed by atoms with E-state index < -0.39 is 60.2 Å². The molecule has 0 saturated carbocycles. The molecule has 1 aliphatic rings. The quantitative estimate of drug-likeness (QED) is 0.0893. The van der Waals surface area contributed by atoms with Crippen LogP contribution < -0.4 is 16.4 Å². The Bertz CT molecular complexity index is 1470. The van der Waals surface area contributed by atoms with Crippen LogP contribution >= 0.6 is 0 Å². The Morgan fingerprint density at radius 3 is 2.12 bits per heavy atom. The number of aliphatic carboxylic acids is 1. The third-order valence-corrected chi connectivity index (χ3v) is 11.4. The number of rotatable bonds is 24. The molecule has 1 heterocycles. The number of nitrogens with one attached hydrogen (secondary N) is 2. The molecular formula is C43H72N6O8. The lowest BCUT2D eigenvalue weighted by Crippen LogP contribution is -2.59. The number of allylic oxidation sites excluding steroid dienone is 1. The van der Waals surface area contributed by atoms with Crippen LogP contribution in [0.4, 0.5) is 0 Å². The van der Waals surface area contributed by atoms with Crippen molar-refractivity contribution < 1.29 is 38.6 Å². The van der Waals surface area contributed by atoms with Crippen molar-refractivity contribution in [3.63, 3.8) is 0 Å². The van der Waals surface area contributed by atoms with Gasteiger partial charge in [0, 0.05) is 34.2 Å². The molecule has 5 N–H and O–H groups in total.